The van der Waals surface area contributed by atoms with Crippen molar-refractivity contribution in [2.45, 2.75) is 12.8 Å². The van der Waals surface area contributed by atoms with Gasteiger partial charge in [0.1, 0.15) is 0 Å². The first-order valence-corrected chi connectivity index (χ1v) is 3.27. The molecule has 0 atom stereocenters. The van der Waals surface area contributed by atoms with Crippen LogP contribution in [0.5, 0.6) is 0 Å². The van der Waals surface area contributed by atoms with Gasteiger partial charge in [-0.15, -0.1) is 13.2 Å². The number of carbonyl (C=O) groups is 3. The van der Waals surface area contributed by atoms with Gasteiger partial charge in [-0.05, 0) is 0 Å². The predicted octanol–water partition coefficient (Wildman–Crippen LogP) is 0.448. The molecule has 3 N–H and O–H groups in total. The van der Waals surface area contributed by atoms with Crippen molar-refractivity contribution >= 4 is 18.0 Å². The van der Waals surface area contributed by atoms with E-state index in [-0.39, 0.29) is 11.8 Å². The minimum Gasteiger partial charge on any atom is -0.450 e. The van der Waals surface area contributed by atoms with E-state index in [4.69, 9.17) is 15.0 Å². The number of amides is 2. The van der Waals surface area contributed by atoms with Crippen LogP contribution in [0.15, 0.2) is 13.2 Å². The maximum Gasteiger partial charge on any atom is 0.503 e. The van der Waals surface area contributed by atoms with Gasteiger partial charge in [-0.1, -0.05) is 0 Å². The standard InChI is InChI=1S/C4H5NO2.C2H4.CH2O3/c6-3-1-2-4(7)5-3;1-2;2-1(3)4/h1-2H2,(H,5,6,7);1-2H2;(H2,2,3,4). The van der Waals surface area contributed by atoms with Gasteiger partial charge in [0.05, 0.1) is 0 Å². The minimum absolute atomic E-state index is 0.148. The van der Waals surface area contributed by atoms with Crippen LogP contribution in [0.3, 0.4) is 0 Å². The Hall–Kier alpha value is -1.85. The first kappa shape index (κ1) is 13.7. The topological polar surface area (TPSA) is 104 Å². The Labute approximate surface area is 74.9 Å². The number of imide groups is 1. The molecule has 0 spiro atoms. The zero-order valence-electron chi connectivity index (χ0n) is 6.95. The monoisotopic (exact) mass is 189 g/mol. The third-order valence-corrected chi connectivity index (χ3v) is 0.858. The van der Waals surface area contributed by atoms with Gasteiger partial charge < -0.3 is 10.2 Å². The van der Waals surface area contributed by atoms with Gasteiger partial charge in [-0.2, -0.15) is 0 Å². The van der Waals surface area contributed by atoms with E-state index in [0.717, 1.165) is 0 Å². The van der Waals surface area contributed by atoms with Gasteiger partial charge >= 0.3 is 6.16 Å². The van der Waals surface area contributed by atoms with Crippen molar-refractivity contribution in [1.82, 2.24) is 5.32 Å². The van der Waals surface area contributed by atoms with Gasteiger partial charge in [0.25, 0.3) is 0 Å². The summed E-state index contributed by atoms with van der Waals surface area (Å²) in [7, 11) is 0. The summed E-state index contributed by atoms with van der Waals surface area (Å²) >= 11 is 0. The molecule has 1 saturated heterocycles. The number of carbonyl (C=O) groups excluding carboxylic acids is 2. The Morgan fingerprint density at radius 2 is 1.38 bits per heavy atom. The molecule has 6 nitrogen and oxygen atoms in total. The molecule has 1 fully saturated rings. The molecule has 1 heterocycles. The lowest BCUT2D eigenvalue weighted by Crippen LogP contribution is -2.18. The van der Waals surface area contributed by atoms with E-state index < -0.39 is 6.16 Å². The van der Waals surface area contributed by atoms with Crippen LogP contribution >= 0.6 is 0 Å². The molecule has 13 heavy (non-hydrogen) atoms. The number of nitrogens with one attached hydrogen (secondary N) is 1. The highest BCUT2D eigenvalue weighted by atomic mass is 16.6. The Morgan fingerprint density at radius 3 is 1.46 bits per heavy atom. The normalized spacial score (nSPS) is 12.9. The molecule has 0 aromatic carbocycles. The number of hydrogen-bond donors (Lipinski definition) is 3. The average molecular weight is 189 g/mol. The van der Waals surface area contributed by atoms with E-state index in [9.17, 15) is 9.59 Å². The summed E-state index contributed by atoms with van der Waals surface area (Å²) in [5.41, 5.74) is 0. The molecule has 1 aliphatic rings. The van der Waals surface area contributed by atoms with E-state index >= 15 is 0 Å². The molecular formula is C7H11NO5. The molecule has 6 heteroatoms. The van der Waals surface area contributed by atoms with Gasteiger partial charge in [0, 0.05) is 12.8 Å². The third kappa shape index (κ3) is 13.2. The summed E-state index contributed by atoms with van der Waals surface area (Å²) in [5, 5.41) is 16.1. The maximum absolute atomic E-state index is 10.1. The van der Waals surface area contributed by atoms with E-state index in [2.05, 4.69) is 18.5 Å². The van der Waals surface area contributed by atoms with Crippen molar-refractivity contribution < 1.29 is 24.6 Å². The smallest absolute Gasteiger partial charge is 0.450 e. The van der Waals surface area contributed by atoms with Crippen molar-refractivity contribution in [3.63, 3.8) is 0 Å². The van der Waals surface area contributed by atoms with E-state index in [1.54, 1.807) is 0 Å². The molecule has 1 rings (SSSR count). The molecule has 0 aromatic rings. The van der Waals surface area contributed by atoms with Crippen molar-refractivity contribution in [1.29, 1.82) is 0 Å². The first-order chi connectivity index (χ1) is 6.02. The van der Waals surface area contributed by atoms with Gasteiger partial charge in [0.2, 0.25) is 11.8 Å². The molecule has 74 valence electrons. The largest absolute Gasteiger partial charge is 0.503 e. The lowest BCUT2D eigenvalue weighted by atomic mass is 10.4. The molecule has 0 radical (unpaired) electrons. The van der Waals surface area contributed by atoms with Gasteiger partial charge in [-0.3, -0.25) is 14.9 Å². The number of rotatable bonds is 0. The summed E-state index contributed by atoms with van der Waals surface area (Å²) in [6.07, 6.45) is -1.09. The van der Waals surface area contributed by atoms with Gasteiger partial charge in [0.15, 0.2) is 0 Å². The second kappa shape index (κ2) is 8.25. The second-order valence-corrected chi connectivity index (χ2v) is 1.75. The molecule has 0 aliphatic carbocycles. The molecule has 2 amide bonds. The average Bonchev–Trinajstić information content (AvgIpc) is 2.38. The van der Waals surface area contributed by atoms with Crippen LogP contribution in [0.1, 0.15) is 12.8 Å². The third-order valence-electron chi connectivity index (χ3n) is 0.858. The lowest BCUT2D eigenvalue weighted by molar-refractivity contribution is -0.124. The zero-order chi connectivity index (χ0) is 10.9. The predicted molar refractivity (Wildman–Crippen MR) is 44.3 cm³/mol. The van der Waals surface area contributed by atoms with E-state index in [1.165, 1.54) is 0 Å². The van der Waals surface area contributed by atoms with Crippen molar-refractivity contribution in [2.24, 2.45) is 0 Å². The zero-order valence-corrected chi connectivity index (χ0v) is 6.95. The van der Waals surface area contributed by atoms with Gasteiger partial charge in [-0.25, -0.2) is 4.79 Å². The highest BCUT2D eigenvalue weighted by Gasteiger charge is 2.15. The fraction of sp³-hybridized carbons (Fsp3) is 0.286. The van der Waals surface area contributed by atoms with Crippen LogP contribution in [0.4, 0.5) is 4.79 Å². The first-order valence-electron chi connectivity index (χ1n) is 3.27. The summed E-state index contributed by atoms with van der Waals surface area (Å²) in [4.78, 5) is 28.8. The van der Waals surface area contributed by atoms with Crippen LogP contribution in [0, 0.1) is 0 Å². The summed E-state index contributed by atoms with van der Waals surface area (Å²) < 4.78 is 0. The number of carboxylic acid groups (broad SMARTS) is 2. The molecule has 0 unspecified atom stereocenters. The SMILES string of the molecule is C=C.O=C(O)O.O=C1CCC(=O)N1. The minimum atomic E-state index is -1.83. The van der Waals surface area contributed by atoms with E-state index in [0.29, 0.717) is 12.8 Å². The number of hydrogen-bond acceptors (Lipinski definition) is 3. The Balaban J connectivity index is 0. The summed E-state index contributed by atoms with van der Waals surface area (Å²) in [5.74, 6) is -0.296. The fourth-order valence-electron chi connectivity index (χ4n) is 0.508. The van der Waals surface area contributed by atoms with Crippen LogP contribution in [-0.2, 0) is 9.59 Å². The molecule has 0 bridgehead atoms. The highest BCUT2D eigenvalue weighted by Crippen LogP contribution is 1.95. The Bertz CT molecular complexity index is 183. The molecule has 0 saturated carbocycles. The van der Waals surface area contributed by atoms with Crippen LogP contribution in [0.25, 0.3) is 0 Å². The van der Waals surface area contributed by atoms with Crippen LogP contribution in [0.2, 0.25) is 0 Å². The van der Waals surface area contributed by atoms with Crippen LogP contribution in [-0.4, -0.2) is 28.2 Å². The van der Waals surface area contributed by atoms with Crippen LogP contribution < -0.4 is 5.32 Å². The highest BCUT2D eigenvalue weighted by molar-refractivity contribution is 6.01. The molecule has 0 aromatic heterocycles. The molecule has 1 aliphatic heterocycles. The second-order valence-electron chi connectivity index (χ2n) is 1.75. The summed E-state index contributed by atoms with van der Waals surface area (Å²) in [6.45, 7) is 6.00. The lowest BCUT2D eigenvalue weighted by Gasteiger charge is -1.79. The quantitative estimate of drug-likeness (QED) is 0.379. The summed E-state index contributed by atoms with van der Waals surface area (Å²) in [6, 6.07) is 0. The van der Waals surface area contributed by atoms with E-state index in [1.807, 2.05) is 0 Å². The fourth-order valence-corrected chi connectivity index (χ4v) is 0.508. The Kier molecular flexibility index (Phi) is 8.71. The maximum atomic E-state index is 10.1. The molecular weight excluding hydrogens is 178 g/mol. The van der Waals surface area contributed by atoms with Crippen molar-refractivity contribution in [3.05, 3.63) is 13.2 Å². The van der Waals surface area contributed by atoms with Crippen molar-refractivity contribution in [3.8, 4) is 0 Å². The Morgan fingerprint density at radius 1 is 1.15 bits per heavy atom. The van der Waals surface area contributed by atoms with Crippen molar-refractivity contribution in [2.75, 3.05) is 0 Å².